The Labute approximate surface area is 250 Å². The molecule has 0 amide bonds. The third-order valence-corrected chi connectivity index (χ3v) is 6.59. The van der Waals surface area contributed by atoms with Gasteiger partial charge in [0.15, 0.2) is 0 Å². The van der Waals surface area contributed by atoms with Crippen molar-refractivity contribution in [1.29, 1.82) is 0 Å². The van der Waals surface area contributed by atoms with Gasteiger partial charge in [-0.2, -0.15) is 0 Å². The fourth-order valence-electron chi connectivity index (χ4n) is 3.93. The highest BCUT2D eigenvalue weighted by atomic mass is 19.1. The highest BCUT2D eigenvalue weighted by molar-refractivity contribution is 5.55. The van der Waals surface area contributed by atoms with Gasteiger partial charge >= 0.3 is 0 Å². The van der Waals surface area contributed by atoms with Crippen LogP contribution in [0.15, 0.2) is 54.6 Å². The SMILES string of the molecule is C=C(CCC)CCCCCCC.CC/C=C\c1cc(C(C)C)ccc1C.CCC.Cc1cc(C(C)C)ccc1F. The normalized spacial score (nSPS) is 10.4. The highest BCUT2D eigenvalue weighted by Crippen LogP contribution is 2.20. The molecule has 0 fully saturated rings. The molecule has 1 heteroatoms. The van der Waals surface area contributed by atoms with Crippen molar-refractivity contribution in [3.63, 3.8) is 0 Å². The van der Waals surface area contributed by atoms with Gasteiger partial charge in [-0.05, 0) is 85.3 Å². The van der Waals surface area contributed by atoms with E-state index in [1.807, 2.05) is 12.1 Å². The number of unbranched alkanes of at least 4 members (excludes halogenated alkanes) is 4. The monoisotopic (exact) mass is 553 g/mol. The highest BCUT2D eigenvalue weighted by Gasteiger charge is 2.02. The summed E-state index contributed by atoms with van der Waals surface area (Å²) in [6.45, 7) is 27.6. The number of benzene rings is 2. The average Bonchev–Trinajstić information content (AvgIpc) is 2.91. The molecule has 2 rings (SSSR count). The van der Waals surface area contributed by atoms with E-state index in [9.17, 15) is 4.39 Å². The van der Waals surface area contributed by atoms with E-state index in [1.165, 1.54) is 91.7 Å². The Morgan fingerprint density at radius 3 is 1.77 bits per heavy atom. The van der Waals surface area contributed by atoms with Crippen LogP contribution in [0.4, 0.5) is 4.39 Å². The van der Waals surface area contributed by atoms with Crippen molar-refractivity contribution >= 4 is 6.08 Å². The minimum Gasteiger partial charge on any atom is -0.207 e. The predicted molar refractivity (Wildman–Crippen MR) is 183 cm³/mol. The summed E-state index contributed by atoms with van der Waals surface area (Å²) in [4.78, 5) is 0. The van der Waals surface area contributed by atoms with Gasteiger partial charge in [-0.1, -0.05) is 155 Å². The summed E-state index contributed by atoms with van der Waals surface area (Å²) in [6, 6.07) is 12.0. The molecule has 0 aliphatic heterocycles. The molecule has 0 aromatic heterocycles. The predicted octanol–water partition coefficient (Wildman–Crippen LogP) is 13.9. The molecule has 0 saturated carbocycles. The van der Waals surface area contributed by atoms with E-state index in [2.05, 4.69) is 106 Å². The van der Waals surface area contributed by atoms with E-state index in [1.54, 1.807) is 6.92 Å². The van der Waals surface area contributed by atoms with Crippen LogP contribution in [0, 0.1) is 19.7 Å². The summed E-state index contributed by atoms with van der Waals surface area (Å²) in [5.41, 5.74) is 7.53. The number of hydrogen-bond acceptors (Lipinski definition) is 0. The lowest BCUT2D eigenvalue weighted by Crippen LogP contribution is -1.89. The van der Waals surface area contributed by atoms with Crippen LogP contribution in [-0.2, 0) is 0 Å². The molecule has 0 aliphatic rings. The Morgan fingerprint density at radius 1 is 0.725 bits per heavy atom. The van der Waals surface area contributed by atoms with E-state index < -0.39 is 0 Å². The van der Waals surface area contributed by atoms with Crippen molar-refractivity contribution in [1.82, 2.24) is 0 Å². The van der Waals surface area contributed by atoms with Crippen LogP contribution in [0.1, 0.15) is 166 Å². The molecule has 2 aromatic carbocycles. The molecule has 0 atom stereocenters. The minimum absolute atomic E-state index is 0.116. The summed E-state index contributed by atoms with van der Waals surface area (Å²) < 4.78 is 12.8. The van der Waals surface area contributed by atoms with Crippen LogP contribution in [0.3, 0.4) is 0 Å². The van der Waals surface area contributed by atoms with Crippen molar-refractivity contribution in [2.24, 2.45) is 0 Å². The molecule has 0 radical (unpaired) electrons. The van der Waals surface area contributed by atoms with E-state index in [0.29, 0.717) is 11.8 Å². The number of allylic oxidation sites excluding steroid dienone is 2. The molecule has 0 N–H and O–H groups in total. The topological polar surface area (TPSA) is 0 Å². The van der Waals surface area contributed by atoms with Gasteiger partial charge in [-0.25, -0.2) is 4.39 Å². The molecule has 0 unspecified atom stereocenters. The lowest BCUT2D eigenvalue weighted by atomic mass is 9.97. The molecule has 40 heavy (non-hydrogen) atoms. The van der Waals surface area contributed by atoms with Crippen molar-refractivity contribution in [3.8, 4) is 0 Å². The molecule has 0 nitrogen and oxygen atoms in total. The van der Waals surface area contributed by atoms with Gasteiger partial charge in [-0.15, -0.1) is 0 Å². The average molecular weight is 553 g/mol. The van der Waals surface area contributed by atoms with Crippen molar-refractivity contribution < 1.29 is 4.39 Å². The second-order valence-corrected chi connectivity index (χ2v) is 11.6. The lowest BCUT2D eigenvalue weighted by molar-refractivity contribution is 0.616. The van der Waals surface area contributed by atoms with E-state index in [-0.39, 0.29) is 5.82 Å². The van der Waals surface area contributed by atoms with Crippen LogP contribution < -0.4 is 0 Å². The third kappa shape index (κ3) is 20.7. The Balaban J connectivity index is 0. The molecule has 0 saturated heterocycles. The lowest BCUT2D eigenvalue weighted by Gasteiger charge is -2.08. The van der Waals surface area contributed by atoms with Gasteiger partial charge in [-0.3, -0.25) is 0 Å². The molecule has 228 valence electrons. The van der Waals surface area contributed by atoms with Crippen LogP contribution >= 0.6 is 0 Å². The van der Waals surface area contributed by atoms with E-state index >= 15 is 0 Å². The van der Waals surface area contributed by atoms with Crippen LogP contribution in [-0.4, -0.2) is 0 Å². The fourth-order valence-corrected chi connectivity index (χ4v) is 3.93. The number of rotatable bonds is 12. The number of halogens is 1. The Hall–Kier alpha value is -2.15. The second kappa shape index (κ2) is 25.8. The smallest absolute Gasteiger partial charge is 0.126 e. The Kier molecular flexibility index (Phi) is 25.8. The second-order valence-electron chi connectivity index (χ2n) is 11.6. The van der Waals surface area contributed by atoms with Crippen molar-refractivity contribution in [3.05, 3.63) is 88.3 Å². The first-order chi connectivity index (χ1) is 19.0. The van der Waals surface area contributed by atoms with Crippen LogP contribution in [0.5, 0.6) is 0 Å². The van der Waals surface area contributed by atoms with Gasteiger partial charge in [0, 0.05) is 0 Å². The molecular weight excluding hydrogens is 487 g/mol. The molecule has 0 bridgehead atoms. The van der Waals surface area contributed by atoms with E-state index in [0.717, 1.165) is 12.0 Å². The summed E-state index contributed by atoms with van der Waals surface area (Å²) in [5, 5.41) is 0. The quantitative estimate of drug-likeness (QED) is 0.181. The zero-order chi connectivity index (χ0) is 30.9. The molecule has 0 heterocycles. The first kappa shape index (κ1) is 40.0. The zero-order valence-corrected chi connectivity index (χ0v) is 28.4. The maximum Gasteiger partial charge on any atom is 0.126 e. The molecule has 2 aromatic rings. The molecule has 0 spiro atoms. The van der Waals surface area contributed by atoms with Gasteiger partial charge in [0.05, 0.1) is 0 Å². The van der Waals surface area contributed by atoms with Crippen LogP contribution in [0.2, 0.25) is 0 Å². The van der Waals surface area contributed by atoms with Crippen molar-refractivity contribution in [2.45, 2.75) is 152 Å². The first-order valence-electron chi connectivity index (χ1n) is 16.2. The zero-order valence-electron chi connectivity index (χ0n) is 28.4. The van der Waals surface area contributed by atoms with Crippen LogP contribution in [0.25, 0.3) is 6.08 Å². The summed E-state index contributed by atoms with van der Waals surface area (Å²) >= 11 is 0. The number of hydrogen-bond donors (Lipinski definition) is 0. The largest absolute Gasteiger partial charge is 0.207 e. The third-order valence-electron chi connectivity index (χ3n) is 6.59. The van der Waals surface area contributed by atoms with E-state index in [4.69, 9.17) is 0 Å². The summed E-state index contributed by atoms with van der Waals surface area (Å²) in [6.07, 6.45) is 17.5. The van der Waals surface area contributed by atoms with Gasteiger partial charge in [0.1, 0.15) is 5.82 Å². The maximum atomic E-state index is 12.8. The van der Waals surface area contributed by atoms with Gasteiger partial charge in [0.25, 0.3) is 0 Å². The molecular formula is C39H65F. The maximum absolute atomic E-state index is 12.8. The molecule has 0 aliphatic carbocycles. The number of aryl methyl sites for hydroxylation is 2. The fraction of sp³-hybridized carbons (Fsp3) is 0.590. The summed E-state index contributed by atoms with van der Waals surface area (Å²) in [5.74, 6) is 0.980. The Bertz CT molecular complexity index is 916. The minimum atomic E-state index is -0.116. The van der Waals surface area contributed by atoms with Gasteiger partial charge < -0.3 is 0 Å². The van der Waals surface area contributed by atoms with Gasteiger partial charge in [0.2, 0.25) is 0 Å². The summed E-state index contributed by atoms with van der Waals surface area (Å²) in [7, 11) is 0. The van der Waals surface area contributed by atoms with Crippen molar-refractivity contribution in [2.75, 3.05) is 0 Å². The standard InChI is InChI=1S/C14H20.C12H24.C10H13F.C3H8/c1-5-6-7-14-10-13(11(2)3)9-8-12(14)4;1-4-6-7-8-9-11-12(3)10-5-2;1-7(2)9-4-5-10(11)8(3)6-9;1-3-2/h6-11H,5H2,1-4H3;3-11H2,1-2H3;4-7H,1-3H3;3H2,1-2H3/b7-6-;;;. The Morgan fingerprint density at radius 2 is 1.27 bits per heavy atom. The first-order valence-corrected chi connectivity index (χ1v) is 16.2.